The van der Waals surface area contributed by atoms with Crippen LogP contribution in [0.15, 0.2) is 18.2 Å². The molecule has 2 amide bonds. The molecule has 0 saturated carbocycles. The van der Waals surface area contributed by atoms with Crippen molar-refractivity contribution in [3.8, 4) is 5.75 Å². The third-order valence-corrected chi connectivity index (χ3v) is 1.74. The summed E-state index contributed by atoms with van der Waals surface area (Å²) in [6.07, 6.45) is 0. The number of carbonyl (C=O) groups is 2. The van der Waals surface area contributed by atoms with E-state index in [1.165, 1.54) is 18.2 Å². The van der Waals surface area contributed by atoms with Crippen molar-refractivity contribution in [3.05, 3.63) is 29.3 Å². The SMILES string of the molecule is O=C1NC(=O)c2c(O)cccc21.[Dy]. The van der Waals surface area contributed by atoms with E-state index in [1.807, 2.05) is 0 Å². The summed E-state index contributed by atoms with van der Waals surface area (Å²) >= 11 is 0. The Morgan fingerprint density at radius 3 is 2.46 bits per heavy atom. The fourth-order valence-electron chi connectivity index (χ4n) is 1.20. The van der Waals surface area contributed by atoms with Gasteiger partial charge in [-0.05, 0) is 12.1 Å². The van der Waals surface area contributed by atoms with E-state index in [-0.39, 0.29) is 55.1 Å². The normalized spacial score (nSPS) is 13.2. The van der Waals surface area contributed by atoms with Gasteiger partial charge in [-0.2, -0.15) is 0 Å². The number of imide groups is 1. The molecule has 0 atom stereocenters. The number of benzene rings is 1. The number of nitrogens with one attached hydrogen (secondary N) is 1. The Morgan fingerprint density at radius 1 is 1.15 bits per heavy atom. The van der Waals surface area contributed by atoms with Gasteiger partial charge in [0.05, 0.1) is 11.1 Å². The van der Waals surface area contributed by atoms with Crippen molar-refractivity contribution in [2.75, 3.05) is 0 Å². The molecule has 0 aromatic heterocycles. The van der Waals surface area contributed by atoms with Gasteiger partial charge < -0.3 is 5.11 Å². The molecule has 1 heterocycles. The molecule has 1 aliphatic rings. The van der Waals surface area contributed by atoms with Crippen LogP contribution in [0.4, 0.5) is 0 Å². The first kappa shape index (κ1) is 10.5. The van der Waals surface area contributed by atoms with Crippen molar-refractivity contribution < 1.29 is 52.9 Å². The van der Waals surface area contributed by atoms with E-state index in [1.54, 1.807) is 0 Å². The second-order valence-corrected chi connectivity index (χ2v) is 2.48. The number of rotatable bonds is 0. The Bertz CT molecular complexity index is 389. The summed E-state index contributed by atoms with van der Waals surface area (Å²) in [5, 5.41) is 11.3. The van der Waals surface area contributed by atoms with Gasteiger partial charge in [0.25, 0.3) is 11.8 Å². The van der Waals surface area contributed by atoms with E-state index in [2.05, 4.69) is 5.32 Å². The van der Waals surface area contributed by atoms with E-state index < -0.39 is 11.8 Å². The molecule has 0 radical (unpaired) electrons. The van der Waals surface area contributed by atoms with Crippen LogP contribution in [0.3, 0.4) is 0 Å². The third kappa shape index (κ3) is 1.57. The maximum atomic E-state index is 11.0. The van der Waals surface area contributed by atoms with Crippen molar-refractivity contribution in [1.29, 1.82) is 0 Å². The van der Waals surface area contributed by atoms with Gasteiger partial charge in [-0.25, -0.2) is 0 Å². The Labute approximate surface area is 104 Å². The number of carbonyl (C=O) groups excluding carboxylic acids is 2. The molecule has 0 spiro atoms. The van der Waals surface area contributed by atoms with Crippen LogP contribution >= 0.6 is 0 Å². The molecule has 0 saturated heterocycles. The Kier molecular flexibility index (Phi) is 2.96. The van der Waals surface area contributed by atoms with Crippen molar-refractivity contribution >= 4 is 11.8 Å². The zero-order chi connectivity index (χ0) is 8.72. The molecule has 2 rings (SSSR count). The number of phenols is 1. The zero-order valence-electron chi connectivity index (χ0n) is 6.31. The van der Waals surface area contributed by atoms with Gasteiger partial charge in [0.2, 0.25) is 0 Å². The van der Waals surface area contributed by atoms with Crippen molar-refractivity contribution in [3.63, 3.8) is 0 Å². The first-order valence-corrected chi connectivity index (χ1v) is 3.38. The second kappa shape index (κ2) is 3.66. The minimum absolute atomic E-state index is 0. The standard InChI is InChI=1S/C8H5NO3.Dy/c10-5-3-1-2-4-6(5)8(12)9-7(4)11;/h1-3,10H,(H,9,11,12);. The van der Waals surface area contributed by atoms with Gasteiger partial charge >= 0.3 is 0 Å². The molecule has 1 aliphatic heterocycles. The fourth-order valence-corrected chi connectivity index (χ4v) is 1.20. The first-order valence-electron chi connectivity index (χ1n) is 3.38. The summed E-state index contributed by atoms with van der Waals surface area (Å²) < 4.78 is 0. The van der Waals surface area contributed by atoms with Crippen LogP contribution in [0.2, 0.25) is 0 Å². The molecule has 1 aromatic carbocycles. The number of phenolic OH excluding ortho intramolecular Hbond substituents is 1. The number of fused-ring (bicyclic) bond motifs is 1. The molecule has 5 heteroatoms. The monoisotopic (exact) mass is 327 g/mol. The van der Waals surface area contributed by atoms with E-state index in [4.69, 9.17) is 0 Å². The van der Waals surface area contributed by atoms with Crippen molar-refractivity contribution in [2.45, 2.75) is 0 Å². The van der Waals surface area contributed by atoms with Gasteiger partial charge in [-0.3, -0.25) is 14.9 Å². The second-order valence-electron chi connectivity index (χ2n) is 2.48. The number of aromatic hydroxyl groups is 1. The Morgan fingerprint density at radius 2 is 1.85 bits per heavy atom. The van der Waals surface area contributed by atoms with Gasteiger partial charge in [-0.1, -0.05) is 6.07 Å². The predicted octanol–water partition coefficient (Wildman–Crippen LogP) is 0.276. The van der Waals surface area contributed by atoms with Crippen LogP contribution < -0.4 is 5.32 Å². The van der Waals surface area contributed by atoms with Gasteiger partial charge in [-0.15, -0.1) is 0 Å². The molecule has 0 bridgehead atoms. The average Bonchev–Trinajstić information content (AvgIpc) is 2.29. The van der Waals surface area contributed by atoms with E-state index in [9.17, 15) is 14.7 Å². The number of amides is 2. The minimum Gasteiger partial charge on any atom is -0.507 e. The quantitative estimate of drug-likeness (QED) is 0.673. The van der Waals surface area contributed by atoms with Gasteiger partial charge in [0.1, 0.15) is 5.75 Å². The van der Waals surface area contributed by atoms with Crippen LogP contribution in [0.1, 0.15) is 20.7 Å². The predicted molar refractivity (Wildman–Crippen MR) is 39.9 cm³/mol. The molecule has 0 unspecified atom stereocenters. The van der Waals surface area contributed by atoms with Crippen LogP contribution in [0, 0.1) is 38.2 Å². The van der Waals surface area contributed by atoms with Crippen molar-refractivity contribution in [1.82, 2.24) is 5.32 Å². The van der Waals surface area contributed by atoms with E-state index >= 15 is 0 Å². The summed E-state index contributed by atoms with van der Waals surface area (Å²) in [6, 6.07) is 4.39. The maximum Gasteiger partial charge on any atom is 0.262 e. The van der Waals surface area contributed by atoms with Gasteiger partial charge in [0, 0.05) is 38.2 Å². The summed E-state index contributed by atoms with van der Waals surface area (Å²) in [5.74, 6) is -1.14. The average molecular weight is 326 g/mol. The molecular formula is C8H5DyNO3. The number of hydrogen-bond donors (Lipinski definition) is 2. The summed E-state index contributed by atoms with van der Waals surface area (Å²) in [6.45, 7) is 0. The summed E-state index contributed by atoms with van der Waals surface area (Å²) in [7, 11) is 0. The van der Waals surface area contributed by atoms with E-state index in [0.717, 1.165) is 0 Å². The summed E-state index contributed by atoms with van der Waals surface area (Å²) in [4.78, 5) is 22.0. The molecule has 0 fully saturated rings. The molecule has 2 N–H and O–H groups in total. The molecule has 13 heavy (non-hydrogen) atoms. The molecule has 4 nitrogen and oxygen atoms in total. The number of hydrogen-bond acceptors (Lipinski definition) is 3. The van der Waals surface area contributed by atoms with Crippen LogP contribution in [-0.2, 0) is 0 Å². The Balaban J connectivity index is 0.000000845. The molecule has 1 aromatic rings. The Hall–Kier alpha value is -0.567. The largest absolute Gasteiger partial charge is 0.507 e. The fraction of sp³-hybridized carbons (Fsp3) is 0. The van der Waals surface area contributed by atoms with Crippen LogP contribution in [0.25, 0.3) is 0 Å². The van der Waals surface area contributed by atoms with Gasteiger partial charge in [0.15, 0.2) is 0 Å². The minimum atomic E-state index is -0.534. The topological polar surface area (TPSA) is 66.4 Å². The van der Waals surface area contributed by atoms with Crippen molar-refractivity contribution in [2.24, 2.45) is 0 Å². The molecule has 0 aliphatic carbocycles. The smallest absolute Gasteiger partial charge is 0.262 e. The maximum absolute atomic E-state index is 11.0. The first-order chi connectivity index (χ1) is 5.70. The zero-order valence-corrected chi connectivity index (χ0v) is 8.34. The third-order valence-electron chi connectivity index (χ3n) is 1.74. The summed E-state index contributed by atoms with van der Waals surface area (Å²) in [5.41, 5.74) is 0.308. The van der Waals surface area contributed by atoms with Crippen LogP contribution in [-0.4, -0.2) is 16.9 Å². The van der Waals surface area contributed by atoms with E-state index in [0.29, 0.717) is 0 Å². The molecular weight excluding hydrogens is 321 g/mol. The molecule has 70 valence electrons. The van der Waals surface area contributed by atoms with Crippen LogP contribution in [0.5, 0.6) is 5.75 Å².